The van der Waals surface area contributed by atoms with E-state index in [1.165, 1.54) is 0 Å². The van der Waals surface area contributed by atoms with Crippen molar-refractivity contribution in [3.63, 3.8) is 0 Å². The number of nitriles is 1. The Morgan fingerprint density at radius 3 is 2.71 bits per heavy atom. The molecular formula is C29H30N8O. The van der Waals surface area contributed by atoms with Crippen LogP contribution < -0.4 is 5.32 Å². The average molecular weight is 507 g/mol. The summed E-state index contributed by atoms with van der Waals surface area (Å²) in [6.45, 7) is 6.50. The zero-order valence-corrected chi connectivity index (χ0v) is 21.6. The molecule has 192 valence electrons. The third-order valence-corrected chi connectivity index (χ3v) is 8.04. The van der Waals surface area contributed by atoms with Crippen LogP contribution in [0.5, 0.6) is 0 Å². The van der Waals surface area contributed by atoms with Gasteiger partial charge in [0.25, 0.3) is 0 Å². The molecule has 6 heterocycles. The highest BCUT2D eigenvalue weighted by atomic mass is 16.2. The summed E-state index contributed by atoms with van der Waals surface area (Å²) in [6.07, 6.45) is 14.0. The predicted octanol–water partition coefficient (Wildman–Crippen LogP) is 4.28. The lowest BCUT2D eigenvalue weighted by Crippen LogP contribution is -2.58. The number of hydrogen-bond donors (Lipinski definition) is 1. The number of aromatic nitrogens is 5. The van der Waals surface area contributed by atoms with Gasteiger partial charge in [-0.05, 0) is 43.4 Å². The molecular weight excluding hydrogens is 476 g/mol. The molecule has 2 saturated heterocycles. The molecule has 3 fully saturated rings. The van der Waals surface area contributed by atoms with Gasteiger partial charge in [-0.2, -0.15) is 15.5 Å². The second-order valence-electron chi connectivity index (χ2n) is 10.4. The van der Waals surface area contributed by atoms with Crippen molar-refractivity contribution in [2.24, 2.45) is 18.9 Å². The lowest BCUT2D eigenvalue weighted by atomic mass is 9.75. The number of carbonyl (C=O) groups excluding carboxylic acids is 1. The van der Waals surface area contributed by atoms with E-state index in [-0.39, 0.29) is 23.9 Å². The zero-order chi connectivity index (χ0) is 26.4. The maximum absolute atomic E-state index is 12.8. The molecule has 4 aromatic rings. The minimum atomic E-state index is -0.143. The van der Waals surface area contributed by atoms with E-state index in [9.17, 15) is 10.1 Å². The fourth-order valence-corrected chi connectivity index (χ4v) is 5.90. The highest BCUT2D eigenvalue weighted by molar-refractivity contribution is 5.87. The summed E-state index contributed by atoms with van der Waals surface area (Å²) >= 11 is 0. The second-order valence-corrected chi connectivity index (χ2v) is 10.4. The van der Waals surface area contributed by atoms with E-state index in [1.807, 2.05) is 50.9 Å². The topological polar surface area (TPSA) is 104 Å². The number of piperidine rings is 2. The Labute approximate surface area is 221 Å². The molecule has 1 amide bonds. The number of fused-ring (bicyclic) bond motifs is 4. The number of amides is 1. The summed E-state index contributed by atoms with van der Waals surface area (Å²) in [7, 11) is 1.88. The summed E-state index contributed by atoms with van der Waals surface area (Å²) in [6, 6.07) is 8.91. The Morgan fingerprint density at radius 2 is 2.05 bits per heavy atom. The summed E-state index contributed by atoms with van der Waals surface area (Å²) in [5.74, 6) is 1.27. The number of carbonyl (C=O) groups is 1. The quantitative estimate of drug-likeness (QED) is 0.392. The predicted molar refractivity (Wildman–Crippen MR) is 145 cm³/mol. The monoisotopic (exact) mass is 506 g/mol. The molecule has 7 rings (SSSR count). The van der Waals surface area contributed by atoms with Crippen molar-refractivity contribution in [2.45, 2.75) is 38.3 Å². The van der Waals surface area contributed by atoms with Gasteiger partial charge < -0.3 is 10.2 Å². The van der Waals surface area contributed by atoms with Crippen LogP contribution in [-0.2, 0) is 11.8 Å². The molecule has 0 aromatic carbocycles. The van der Waals surface area contributed by atoms with Gasteiger partial charge in [0.05, 0.1) is 29.4 Å². The van der Waals surface area contributed by atoms with Crippen molar-refractivity contribution in [3.05, 3.63) is 67.4 Å². The minimum absolute atomic E-state index is 0.143. The largest absolute Gasteiger partial charge is 0.367 e. The fourth-order valence-electron chi connectivity index (χ4n) is 5.90. The molecule has 4 unspecified atom stereocenters. The number of nitrogens with zero attached hydrogens (tertiary/aromatic N) is 7. The van der Waals surface area contributed by atoms with E-state index < -0.39 is 0 Å². The van der Waals surface area contributed by atoms with Crippen LogP contribution in [0.3, 0.4) is 0 Å². The van der Waals surface area contributed by atoms with Gasteiger partial charge in [0.2, 0.25) is 5.91 Å². The van der Waals surface area contributed by atoms with Crippen molar-refractivity contribution in [1.29, 1.82) is 5.26 Å². The Bertz CT molecular complexity index is 1560. The second kappa shape index (κ2) is 9.45. The van der Waals surface area contributed by atoms with E-state index in [0.717, 1.165) is 59.4 Å². The van der Waals surface area contributed by atoms with Gasteiger partial charge in [-0.3, -0.25) is 9.48 Å². The third-order valence-electron chi connectivity index (χ3n) is 8.04. The normalized spacial score (nSPS) is 21.3. The van der Waals surface area contributed by atoms with Gasteiger partial charge in [0.1, 0.15) is 11.9 Å². The first-order chi connectivity index (χ1) is 18.4. The van der Waals surface area contributed by atoms with Crippen molar-refractivity contribution < 1.29 is 4.79 Å². The van der Waals surface area contributed by atoms with Gasteiger partial charge >= 0.3 is 0 Å². The summed E-state index contributed by atoms with van der Waals surface area (Å²) in [5.41, 5.74) is 5.00. The smallest absolute Gasteiger partial charge is 0.229 e. The van der Waals surface area contributed by atoms with E-state index in [1.54, 1.807) is 21.5 Å². The molecule has 9 heteroatoms. The first kappa shape index (κ1) is 23.9. The molecule has 1 saturated carbocycles. The van der Waals surface area contributed by atoms with Gasteiger partial charge in [0.15, 0.2) is 0 Å². The van der Waals surface area contributed by atoms with Crippen LogP contribution in [0.25, 0.3) is 27.8 Å². The van der Waals surface area contributed by atoms with Crippen molar-refractivity contribution in [1.82, 2.24) is 29.3 Å². The Hall–Kier alpha value is -4.45. The first-order valence-electron chi connectivity index (χ1n) is 13.0. The van der Waals surface area contributed by atoms with Crippen molar-refractivity contribution >= 4 is 17.2 Å². The number of nitrogens with one attached hydrogen (secondary N) is 1. The third kappa shape index (κ3) is 4.12. The molecule has 1 aliphatic carbocycles. The fraction of sp³-hybridized carbons (Fsp3) is 0.345. The van der Waals surface area contributed by atoms with Gasteiger partial charge in [-0.25, -0.2) is 9.50 Å². The summed E-state index contributed by atoms with van der Waals surface area (Å²) < 4.78 is 3.51. The summed E-state index contributed by atoms with van der Waals surface area (Å²) in [5, 5.41) is 22.0. The van der Waals surface area contributed by atoms with Crippen LogP contribution >= 0.6 is 0 Å². The number of anilines is 1. The van der Waals surface area contributed by atoms with Crippen LogP contribution in [0.4, 0.5) is 5.82 Å². The lowest BCUT2D eigenvalue weighted by Gasteiger charge is -2.50. The van der Waals surface area contributed by atoms with E-state index in [4.69, 9.17) is 4.98 Å². The number of pyridine rings is 2. The Kier molecular flexibility index (Phi) is 5.95. The van der Waals surface area contributed by atoms with E-state index >= 15 is 0 Å². The van der Waals surface area contributed by atoms with Crippen molar-refractivity contribution in [2.75, 3.05) is 11.9 Å². The SMILES string of the molecule is C=CC(C)C(=O)N1CC2CCC1CC2Nc1ccc(-c2cc(-c3cnn(C)c3)cn3ncc(C#N)c23)cn1. The number of rotatable bonds is 6. The van der Waals surface area contributed by atoms with Gasteiger partial charge in [-0.1, -0.05) is 13.0 Å². The molecule has 2 bridgehead atoms. The van der Waals surface area contributed by atoms with Crippen LogP contribution in [0.15, 0.2) is 61.8 Å². The van der Waals surface area contributed by atoms with E-state index in [0.29, 0.717) is 11.5 Å². The standard InChI is InChI=1S/C29H30N8O/c1-4-18(2)29(38)36-16-20-5-7-24(36)10-26(20)34-27-8-6-19(12-31-27)25-9-21(23-14-32-35(3)15-23)17-37-28(25)22(11-30)13-33-37/h4,6,8-9,12-15,17-18,20,24,26H,1,5,7,10,16H2,2-3H3,(H,31,34). The maximum Gasteiger partial charge on any atom is 0.229 e. The highest BCUT2D eigenvalue weighted by Gasteiger charge is 2.42. The molecule has 1 N–H and O–H groups in total. The van der Waals surface area contributed by atoms with Gasteiger partial charge in [-0.15, -0.1) is 6.58 Å². The van der Waals surface area contributed by atoms with E-state index in [2.05, 4.69) is 39.1 Å². The average Bonchev–Trinajstić information content (AvgIpc) is 3.58. The van der Waals surface area contributed by atoms with Crippen LogP contribution in [-0.4, -0.2) is 53.8 Å². The van der Waals surface area contributed by atoms with Crippen LogP contribution in [0, 0.1) is 23.2 Å². The molecule has 3 aliphatic rings. The molecule has 0 spiro atoms. The first-order valence-corrected chi connectivity index (χ1v) is 13.0. The molecule has 4 aromatic heterocycles. The number of hydrogen-bond acceptors (Lipinski definition) is 6. The Balaban J connectivity index is 1.25. The highest BCUT2D eigenvalue weighted by Crippen LogP contribution is 2.38. The molecule has 2 aliphatic heterocycles. The Morgan fingerprint density at radius 1 is 1.18 bits per heavy atom. The molecule has 0 radical (unpaired) electrons. The lowest BCUT2D eigenvalue weighted by molar-refractivity contribution is -0.141. The molecule has 4 atom stereocenters. The maximum atomic E-state index is 12.8. The number of aryl methyl sites for hydroxylation is 1. The van der Waals surface area contributed by atoms with Gasteiger partial charge in [0, 0.05) is 66.5 Å². The minimum Gasteiger partial charge on any atom is -0.367 e. The van der Waals surface area contributed by atoms with Crippen molar-refractivity contribution in [3.8, 4) is 28.3 Å². The summed E-state index contributed by atoms with van der Waals surface area (Å²) in [4.78, 5) is 19.6. The van der Waals surface area contributed by atoms with Crippen LogP contribution in [0.2, 0.25) is 0 Å². The molecule has 38 heavy (non-hydrogen) atoms. The zero-order valence-electron chi connectivity index (χ0n) is 21.6. The molecule has 9 nitrogen and oxygen atoms in total. The van der Waals surface area contributed by atoms with Crippen LogP contribution in [0.1, 0.15) is 31.7 Å².